The monoisotopic (exact) mass is 357 g/mol. The lowest BCUT2D eigenvalue weighted by Crippen LogP contribution is -2.36. The van der Waals surface area contributed by atoms with Crippen molar-refractivity contribution in [3.63, 3.8) is 0 Å². The first-order valence-electron chi connectivity index (χ1n) is 9.19. The summed E-state index contributed by atoms with van der Waals surface area (Å²) in [6.45, 7) is 5.03. The molecule has 1 fully saturated rings. The molecule has 4 nitrogen and oxygen atoms in total. The zero-order valence-electron chi connectivity index (χ0n) is 14.8. The van der Waals surface area contributed by atoms with Crippen LogP contribution in [0.4, 0.5) is 0 Å². The number of amides is 1. The average Bonchev–Trinajstić information content (AvgIpc) is 3.12. The van der Waals surface area contributed by atoms with E-state index in [9.17, 15) is 4.79 Å². The molecule has 25 heavy (non-hydrogen) atoms. The Balaban J connectivity index is 1.40. The molecule has 1 aromatic heterocycles. The van der Waals surface area contributed by atoms with E-state index in [-0.39, 0.29) is 5.91 Å². The lowest BCUT2D eigenvalue weighted by molar-refractivity contribution is -0.122. The standard InChI is InChI=1S/C20H27N3OS/c1-15(17-8-5-10-21-13-17)12-19(24)22-11-9-18-14-25-20(23-18)16-6-3-2-4-7-16/h2-4,6-7,14-15,17,21H,5,8-13H2,1H3,(H,22,24). The Bertz CT molecular complexity index is 665. The van der Waals surface area contributed by atoms with Crippen molar-refractivity contribution in [2.45, 2.75) is 32.6 Å². The second kappa shape index (κ2) is 9.11. The summed E-state index contributed by atoms with van der Waals surface area (Å²) in [4.78, 5) is 16.8. The molecule has 1 amide bonds. The number of thiazole rings is 1. The first-order valence-corrected chi connectivity index (χ1v) is 10.1. The zero-order valence-corrected chi connectivity index (χ0v) is 15.6. The highest BCUT2D eigenvalue weighted by molar-refractivity contribution is 7.13. The molecule has 0 aliphatic carbocycles. The van der Waals surface area contributed by atoms with E-state index in [1.54, 1.807) is 11.3 Å². The van der Waals surface area contributed by atoms with Crippen molar-refractivity contribution in [1.29, 1.82) is 0 Å². The fourth-order valence-corrected chi connectivity index (χ4v) is 4.22. The molecular weight excluding hydrogens is 330 g/mol. The van der Waals surface area contributed by atoms with Crippen molar-refractivity contribution < 1.29 is 4.79 Å². The molecule has 0 spiro atoms. The molecule has 1 aromatic carbocycles. The minimum absolute atomic E-state index is 0.164. The van der Waals surface area contributed by atoms with Gasteiger partial charge in [0.1, 0.15) is 5.01 Å². The van der Waals surface area contributed by atoms with Crippen molar-refractivity contribution in [2.24, 2.45) is 11.8 Å². The van der Waals surface area contributed by atoms with Gasteiger partial charge in [0.15, 0.2) is 0 Å². The number of piperidine rings is 1. The number of aromatic nitrogens is 1. The van der Waals surface area contributed by atoms with Gasteiger partial charge < -0.3 is 10.6 Å². The summed E-state index contributed by atoms with van der Waals surface area (Å²) >= 11 is 1.66. The van der Waals surface area contributed by atoms with Gasteiger partial charge in [-0.15, -0.1) is 11.3 Å². The van der Waals surface area contributed by atoms with Crippen LogP contribution in [-0.4, -0.2) is 30.5 Å². The second-order valence-corrected chi connectivity index (χ2v) is 7.76. The molecule has 0 radical (unpaired) electrons. The van der Waals surface area contributed by atoms with Gasteiger partial charge in [0.05, 0.1) is 5.69 Å². The van der Waals surface area contributed by atoms with Gasteiger partial charge in [0, 0.05) is 30.3 Å². The van der Waals surface area contributed by atoms with Crippen LogP contribution < -0.4 is 10.6 Å². The number of hydrogen-bond donors (Lipinski definition) is 2. The summed E-state index contributed by atoms with van der Waals surface area (Å²) in [7, 11) is 0. The minimum Gasteiger partial charge on any atom is -0.356 e. The van der Waals surface area contributed by atoms with Crippen molar-refractivity contribution in [2.75, 3.05) is 19.6 Å². The van der Waals surface area contributed by atoms with Crippen LogP contribution >= 0.6 is 11.3 Å². The number of rotatable bonds is 7. The summed E-state index contributed by atoms with van der Waals surface area (Å²) in [5.41, 5.74) is 2.20. The van der Waals surface area contributed by atoms with E-state index in [0.29, 0.717) is 24.8 Å². The van der Waals surface area contributed by atoms with E-state index in [1.165, 1.54) is 12.8 Å². The van der Waals surface area contributed by atoms with E-state index in [2.05, 4.69) is 40.1 Å². The fourth-order valence-electron chi connectivity index (χ4n) is 3.36. The molecular formula is C20H27N3OS. The number of carbonyl (C=O) groups is 1. The van der Waals surface area contributed by atoms with Gasteiger partial charge in [-0.2, -0.15) is 0 Å². The number of hydrogen-bond acceptors (Lipinski definition) is 4. The Labute approximate surface area is 154 Å². The zero-order chi connectivity index (χ0) is 17.5. The van der Waals surface area contributed by atoms with E-state index in [4.69, 9.17) is 0 Å². The SMILES string of the molecule is CC(CC(=O)NCCc1csc(-c2ccccc2)n1)C1CCCNC1. The third kappa shape index (κ3) is 5.38. The third-order valence-electron chi connectivity index (χ3n) is 4.92. The van der Waals surface area contributed by atoms with Crippen LogP contribution in [0.1, 0.15) is 31.9 Å². The number of nitrogens with zero attached hydrogens (tertiary/aromatic N) is 1. The first kappa shape index (κ1) is 18.1. The van der Waals surface area contributed by atoms with Crippen molar-refractivity contribution in [3.8, 4) is 10.6 Å². The second-order valence-electron chi connectivity index (χ2n) is 6.90. The van der Waals surface area contributed by atoms with Gasteiger partial charge in [-0.05, 0) is 37.8 Å². The smallest absolute Gasteiger partial charge is 0.220 e. The Morgan fingerprint density at radius 1 is 1.40 bits per heavy atom. The minimum atomic E-state index is 0.164. The van der Waals surface area contributed by atoms with Crippen molar-refractivity contribution in [1.82, 2.24) is 15.6 Å². The van der Waals surface area contributed by atoms with Gasteiger partial charge in [-0.25, -0.2) is 4.98 Å². The van der Waals surface area contributed by atoms with Crippen LogP contribution in [0, 0.1) is 11.8 Å². The van der Waals surface area contributed by atoms with Crippen molar-refractivity contribution in [3.05, 3.63) is 41.4 Å². The predicted octanol–water partition coefficient (Wildman–Crippen LogP) is 3.49. The van der Waals surface area contributed by atoms with Crippen molar-refractivity contribution >= 4 is 17.2 Å². The molecule has 2 aromatic rings. The van der Waals surface area contributed by atoms with E-state index in [0.717, 1.165) is 35.8 Å². The molecule has 0 bridgehead atoms. The van der Waals surface area contributed by atoms with Crippen LogP contribution in [0.25, 0.3) is 10.6 Å². The van der Waals surface area contributed by atoms with E-state index in [1.807, 2.05) is 18.2 Å². The summed E-state index contributed by atoms with van der Waals surface area (Å²) in [6, 6.07) is 10.2. The summed E-state index contributed by atoms with van der Waals surface area (Å²) < 4.78 is 0. The topological polar surface area (TPSA) is 54.0 Å². The Hall–Kier alpha value is -1.72. The summed E-state index contributed by atoms with van der Waals surface area (Å²) in [5.74, 6) is 1.24. The van der Waals surface area contributed by atoms with Crippen LogP contribution in [0.5, 0.6) is 0 Å². The van der Waals surface area contributed by atoms with Gasteiger partial charge in [-0.3, -0.25) is 4.79 Å². The number of nitrogens with one attached hydrogen (secondary N) is 2. The molecule has 1 aliphatic rings. The molecule has 2 N–H and O–H groups in total. The maximum Gasteiger partial charge on any atom is 0.220 e. The molecule has 134 valence electrons. The highest BCUT2D eigenvalue weighted by Crippen LogP contribution is 2.24. The van der Waals surface area contributed by atoms with Gasteiger partial charge in [0.2, 0.25) is 5.91 Å². The quantitative estimate of drug-likeness (QED) is 0.797. The predicted molar refractivity (Wildman–Crippen MR) is 104 cm³/mol. The third-order valence-corrected chi connectivity index (χ3v) is 5.86. The largest absolute Gasteiger partial charge is 0.356 e. The van der Waals surface area contributed by atoms with Gasteiger partial charge in [-0.1, -0.05) is 37.3 Å². The molecule has 1 aliphatic heterocycles. The normalized spacial score (nSPS) is 18.7. The molecule has 2 atom stereocenters. The molecule has 2 heterocycles. The maximum absolute atomic E-state index is 12.2. The van der Waals surface area contributed by atoms with Crippen LogP contribution in [-0.2, 0) is 11.2 Å². The Morgan fingerprint density at radius 3 is 3.00 bits per heavy atom. The summed E-state index contributed by atoms with van der Waals surface area (Å²) in [6.07, 6.45) is 3.87. The lowest BCUT2D eigenvalue weighted by Gasteiger charge is -2.28. The fraction of sp³-hybridized carbons (Fsp3) is 0.500. The number of carbonyl (C=O) groups excluding carboxylic acids is 1. The molecule has 0 saturated carbocycles. The summed E-state index contributed by atoms with van der Waals surface area (Å²) in [5, 5.41) is 9.62. The van der Waals surface area contributed by atoms with Crippen LogP contribution in [0.3, 0.4) is 0 Å². The molecule has 1 saturated heterocycles. The number of benzene rings is 1. The molecule has 5 heteroatoms. The first-order chi connectivity index (χ1) is 12.2. The maximum atomic E-state index is 12.2. The highest BCUT2D eigenvalue weighted by atomic mass is 32.1. The van der Waals surface area contributed by atoms with Crippen LogP contribution in [0.15, 0.2) is 35.7 Å². The van der Waals surface area contributed by atoms with Crippen LogP contribution in [0.2, 0.25) is 0 Å². The Kier molecular flexibility index (Phi) is 6.59. The highest BCUT2D eigenvalue weighted by Gasteiger charge is 2.21. The van der Waals surface area contributed by atoms with E-state index >= 15 is 0 Å². The van der Waals surface area contributed by atoms with Gasteiger partial charge in [0.25, 0.3) is 0 Å². The van der Waals surface area contributed by atoms with E-state index < -0.39 is 0 Å². The van der Waals surface area contributed by atoms with Gasteiger partial charge >= 0.3 is 0 Å². The molecule has 2 unspecified atom stereocenters. The molecule has 3 rings (SSSR count). The lowest BCUT2D eigenvalue weighted by atomic mass is 9.85. The average molecular weight is 358 g/mol. The Morgan fingerprint density at radius 2 is 2.24 bits per heavy atom.